The van der Waals surface area contributed by atoms with Gasteiger partial charge in [-0.15, -0.1) is 22.7 Å². The average molecular weight is 495 g/mol. The third kappa shape index (κ3) is 2.45. The summed E-state index contributed by atoms with van der Waals surface area (Å²) in [6, 6.07) is 33.1. The Hall–Kier alpha value is -2.72. The van der Waals surface area contributed by atoms with E-state index in [4.69, 9.17) is 0 Å². The molecule has 0 aliphatic rings. The van der Waals surface area contributed by atoms with Crippen LogP contribution >= 0.6 is 38.6 Å². The van der Waals surface area contributed by atoms with Gasteiger partial charge >= 0.3 is 0 Å². The second kappa shape index (κ2) is 6.64. The smallest absolute Gasteiger partial charge is 0.0790 e. The van der Waals surface area contributed by atoms with Gasteiger partial charge in [0, 0.05) is 41.4 Å². The van der Waals surface area contributed by atoms with Crippen molar-refractivity contribution in [1.82, 2.24) is 0 Å². The van der Waals surface area contributed by atoms with Crippen LogP contribution in [-0.2, 0) is 0 Å². The predicted octanol–water partition coefficient (Wildman–Crippen LogP) is 10.0. The summed E-state index contributed by atoms with van der Waals surface area (Å²) in [7, 11) is 0. The number of hydrogen-bond donors (Lipinski definition) is 0. The molecule has 0 spiro atoms. The van der Waals surface area contributed by atoms with Gasteiger partial charge in [0.2, 0.25) is 0 Å². The average Bonchev–Trinajstić information content (AvgIpc) is 3.37. The largest absolute Gasteiger partial charge is 0.135 e. The fourth-order valence-corrected chi connectivity index (χ4v) is 8.16. The number of thiophene rings is 2. The second-order valence-corrected chi connectivity index (χ2v) is 11.2. The van der Waals surface area contributed by atoms with Crippen LogP contribution in [0, 0.1) is 0 Å². The van der Waals surface area contributed by atoms with Crippen LogP contribution in [0.4, 0.5) is 0 Å². The van der Waals surface area contributed by atoms with Crippen LogP contribution < -0.4 is 0 Å². The molecule has 0 amide bonds. The molecule has 3 heteroatoms. The van der Waals surface area contributed by atoms with Gasteiger partial charge in [0.05, 0.1) is 3.79 Å². The summed E-state index contributed by atoms with van der Waals surface area (Å²) in [6.45, 7) is 0. The molecule has 0 fully saturated rings. The van der Waals surface area contributed by atoms with E-state index in [1.165, 1.54) is 66.7 Å². The third-order valence-electron chi connectivity index (χ3n) is 6.20. The zero-order chi connectivity index (χ0) is 20.5. The molecular weight excluding hydrogens is 480 g/mol. The van der Waals surface area contributed by atoms with E-state index in [0.717, 1.165) is 0 Å². The first kappa shape index (κ1) is 17.9. The van der Waals surface area contributed by atoms with Gasteiger partial charge in [-0.1, -0.05) is 84.9 Å². The number of rotatable bonds is 1. The van der Waals surface area contributed by atoms with Gasteiger partial charge in [0.25, 0.3) is 0 Å². The minimum atomic E-state index is 1.21. The highest BCUT2D eigenvalue weighted by Gasteiger charge is 2.20. The Balaban J connectivity index is 1.71. The number of benzene rings is 5. The molecule has 0 aliphatic heterocycles. The summed E-state index contributed by atoms with van der Waals surface area (Å²) in [5.74, 6) is 0. The first-order valence-corrected chi connectivity index (χ1v) is 12.7. The summed E-state index contributed by atoms with van der Waals surface area (Å²) in [4.78, 5) is 1.35. The number of fused-ring (bicyclic) bond motifs is 9. The highest BCUT2D eigenvalue weighted by atomic mass is 79.9. The van der Waals surface area contributed by atoms with Gasteiger partial charge in [-0.05, 0) is 43.5 Å². The minimum Gasteiger partial charge on any atom is -0.135 e. The molecule has 0 radical (unpaired) electrons. The van der Waals surface area contributed by atoms with E-state index in [-0.39, 0.29) is 0 Å². The Kier molecular flexibility index (Phi) is 3.83. The summed E-state index contributed by atoms with van der Waals surface area (Å²) in [6.07, 6.45) is 0. The quantitative estimate of drug-likeness (QED) is 0.199. The van der Waals surface area contributed by atoms with Crippen LogP contribution in [0.2, 0.25) is 0 Å². The van der Waals surface area contributed by atoms with Gasteiger partial charge in [-0.3, -0.25) is 0 Å². The first-order valence-electron chi connectivity index (χ1n) is 10.2. The van der Waals surface area contributed by atoms with E-state index >= 15 is 0 Å². The molecule has 0 unspecified atom stereocenters. The Morgan fingerprint density at radius 1 is 0.484 bits per heavy atom. The zero-order valence-electron chi connectivity index (χ0n) is 16.4. The van der Waals surface area contributed by atoms with Crippen molar-refractivity contribution in [2.24, 2.45) is 0 Å². The molecule has 2 heterocycles. The lowest BCUT2D eigenvalue weighted by molar-refractivity contribution is 1.80. The Morgan fingerprint density at radius 3 is 1.81 bits per heavy atom. The van der Waals surface area contributed by atoms with Crippen molar-refractivity contribution in [3.63, 3.8) is 0 Å². The molecule has 146 valence electrons. The normalized spacial score (nSPS) is 12.0. The second-order valence-electron chi connectivity index (χ2n) is 7.83. The van der Waals surface area contributed by atoms with E-state index in [2.05, 4.69) is 107 Å². The van der Waals surface area contributed by atoms with E-state index in [0.29, 0.717) is 0 Å². The van der Waals surface area contributed by atoms with Gasteiger partial charge in [0.1, 0.15) is 0 Å². The predicted molar refractivity (Wildman–Crippen MR) is 143 cm³/mol. The maximum Gasteiger partial charge on any atom is 0.0790 e. The lowest BCUT2D eigenvalue weighted by Gasteiger charge is -2.09. The molecule has 0 N–H and O–H groups in total. The van der Waals surface area contributed by atoms with Crippen LogP contribution in [0.5, 0.6) is 0 Å². The van der Waals surface area contributed by atoms with Gasteiger partial charge in [-0.25, -0.2) is 0 Å². The van der Waals surface area contributed by atoms with Crippen molar-refractivity contribution in [3.05, 3.63) is 94.8 Å². The van der Waals surface area contributed by atoms with Gasteiger partial charge < -0.3 is 0 Å². The van der Waals surface area contributed by atoms with Crippen LogP contribution in [0.3, 0.4) is 0 Å². The maximum atomic E-state index is 3.94. The Morgan fingerprint density at radius 2 is 1.06 bits per heavy atom. The molecule has 7 rings (SSSR count). The fourth-order valence-electron chi connectivity index (χ4n) is 4.89. The molecule has 0 saturated carbocycles. The summed E-state index contributed by atoms with van der Waals surface area (Å²) in [5.41, 5.74) is 1.33. The van der Waals surface area contributed by atoms with Gasteiger partial charge in [0.15, 0.2) is 0 Å². The molecule has 0 bridgehead atoms. The SMILES string of the molecule is Brc1sc(-c2cccc3c2sc2ccccc23)c2c3ccccc3c3ccccc3c12. The number of halogens is 1. The number of hydrogen-bond acceptors (Lipinski definition) is 2. The van der Waals surface area contributed by atoms with Crippen LogP contribution in [0.1, 0.15) is 0 Å². The molecule has 0 saturated heterocycles. The van der Waals surface area contributed by atoms with E-state index in [1.54, 1.807) is 0 Å². The summed E-state index contributed by atoms with van der Waals surface area (Å²) in [5, 5.41) is 10.7. The molecule has 31 heavy (non-hydrogen) atoms. The molecule has 7 aromatic rings. The van der Waals surface area contributed by atoms with Gasteiger partial charge in [-0.2, -0.15) is 0 Å². The molecule has 0 nitrogen and oxygen atoms in total. The standard InChI is InChI=1S/C28H15BrS2/c29-28-25-20-12-4-2-9-17(20)16-8-1-3-11-19(16)24(25)27(31-28)22-14-7-13-21-18-10-5-6-15-23(18)30-26(21)22/h1-15H. The van der Waals surface area contributed by atoms with Crippen LogP contribution in [0.25, 0.3) is 62.9 Å². The zero-order valence-corrected chi connectivity index (χ0v) is 19.6. The fraction of sp³-hybridized carbons (Fsp3) is 0. The van der Waals surface area contributed by atoms with Crippen molar-refractivity contribution in [3.8, 4) is 10.4 Å². The van der Waals surface area contributed by atoms with Crippen molar-refractivity contribution in [2.45, 2.75) is 0 Å². The highest BCUT2D eigenvalue weighted by molar-refractivity contribution is 9.11. The van der Waals surface area contributed by atoms with E-state index < -0.39 is 0 Å². The summed E-state index contributed by atoms with van der Waals surface area (Å²) >= 11 is 7.70. The molecule has 2 aromatic heterocycles. The van der Waals surface area contributed by atoms with Crippen molar-refractivity contribution < 1.29 is 0 Å². The van der Waals surface area contributed by atoms with Crippen molar-refractivity contribution >= 4 is 91.1 Å². The maximum absolute atomic E-state index is 3.94. The first-order chi connectivity index (χ1) is 15.3. The van der Waals surface area contributed by atoms with Crippen molar-refractivity contribution in [1.29, 1.82) is 0 Å². The summed E-state index contributed by atoms with van der Waals surface area (Å²) < 4.78 is 3.93. The van der Waals surface area contributed by atoms with E-state index in [9.17, 15) is 0 Å². The lowest BCUT2D eigenvalue weighted by atomic mass is 9.94. The lowest BCUT2D eigenvalue weighted by Crippen LogP contribution is -1.82. The monoisotopic (exact) mass is 494 g/mol. The Labute approximate surface area is 195 Å². The van der Waals surface area contributed by atoms with Crippen LogP contribution in [-0.4, -0.2) is 0 Å². The Bertz CT molecular complexity index is 1800. The third-order valence-corrected chi connectivity index (χ3v) is 9.31. The minimum absolute atomic E-state index is 1.21. The van der Waals surface area contributed by atoms with E-state index in [1.807, 2.05) is 22.7 Å². The molecule has 5 aromatic carbocycles. The topological polar surface area (TPSA) is 0 Å². The van der Waals surface area contributed by atoms with Crippen LogP contribution in [0.15, 0.2) is 94.8 Å². The molecular formula is C28H15BrS2. The van der Waals surface area contributed by atoms with Crippen molar-refractivity contribution in [2.75, 3.05) is 0 Å². The highest BCUT2D eigenvalue weighted by Crippen LogP contribution is 2.51. The molecule has 0 atom stereocenters. The molecule has 0 aliphatic carbocycles.